The average Bonchev–Trinajstić information content (AvgIpc) is 3.45. The van der Waals surface area contributed by atoms with Crippen LogP contribution in [0, 0.1) is 19.8 Å². The molecule has 5 aromatic rings. The fourth-order valence-electron chi connectivity index (χ4n) is 5.84. The monoisotopic (exact) mass is 420 g/mol. The molecule has 0 spiro atoms. The molecule has 1 aliphatic carbocycles. The number of pyridine rings is 1. The average molecular weight is 421 g/mol. The molecule has 32 heavy (non-hydrogen) atoms. The first kappa shape index (κ1) is 19.5. The van der Waals surface area contributed by atoms with Crippen molar-refractivity contribution in [3.8, 4) is 11.3 Å². The van der Waals surface area contributed by atoms with Crippen molar-refractivity contribution in [2.75, 3.05) is 0 Å². The first-order chi connectivity index (χ1) is 15.6. The van der Waals surface area contributed by atoms with Crippen LogP contribution < -0.4 is 4.57 Å². The molecule has 0 saturated heterocycles. The summed E-state index contributed by atoms with van der Waals surface area (Å²) in [5.41, 5.74) is 9.84. The van der Waals surface area contributed by atoms with Gasteiger partial charge >= 0.3 is 0 Å². The number of aromatic nitrogens is 1. The number of furan rings is 1. The largest absolute Gasteiger partial charge is 0.455 e. The molecular formula is C30H30NO+. The van der Waals surface area contributed by atoms with Crippen LogP contribution in [0.2, 0.25) is 0 Å². The Balaban J connectivity index is 1.68. The van der Waals surface area contributed by atoms with E-state index in [1.54, 1.807) is 0 Å². The van der Waals surface area contributed by atoms with Crippen molar-refractivity contribution < 1.29 is 8.98 Å². The van der Waals surface area contributed by atoms with Gasteiger partial charge < -0.3 is 4.42 Å². The second-order valence-electron chi connectivity index (χ2n) is 9.65. The molecule has 1 fully saturated rings. The predicted octanol–water partition coefficient (Wildman–Crippen LogP) is 7.58. The molecule has 0 radical (unpaired) electrons. The Morgan fingerprint density at radius 2 is 1.59 bits per heavy atom. The summed E-state index contributed by atoms with van der Waals surface area (Å²) in [4.78, 5) is 0. The maximum absolute atomic E-state index is 6.50. The summed E-state index contributed by atoms with van der Waals surface area (Å²) in [6.07, 6.45) is 6.66. The van der Waals surface area contributed by atoms with Crippen LogP contribution in [0.4, 0.5) is 0 Å². The molecule has 0 N–H and O–H groups in total. The van der Waals surface area contributed by atoms with E-state index >= 15 is 0 Å². The molecule has 0 bridgehead atoms. The first-order valence-corrected chi connectivity index (χ1v) is 11.9. The van der Waals surface area contributed by atoms with E-state index in [9.17, 15) is 0 Å². The van der Waals surface area contributed by atoms with Gasteiger partial charge in [0, 0.05) is 28.3 Å². The minimum absolute atomic E-state index is 0.809. The van der Waals surface area contributed by atoms with E-state index in [1.807, 2.05) is 0 Å². The van der Waals surface area contributed by atoms with Crippen molar-refractivity contribution >= 4 is 32.8 Å². The summed E-state index contributed by atoms with van der Waals surface area (Å²) in [5, 5.41) is 3.79. The van der Waals surface area contributed by atoms with Gasteiger partial charge in [0.15, 0.2) is 0 Å². The van der Waals surface area contributed by atoms with Crippen LogP contribution in [-0.2, 0) is 13.5 Å². The van der Waals surface area contributed by atoms with Crippen LogP contribution in [0.15, 0.2) is 65.1 Å². The van der Waals surface area contributed by atoms with Crippen molar-refractivity contribution in [2.24, 2.45) is 13.0 Å². The van der Waals surface area contributed by atoms with Gasteiger partial charge in [0.2, 0.25) is 11.2 Å². The lowest BCUT2D eigenvalue weighted by Crippen LogP contribution is -2.33. The topological polar surface area (TPSA) is 17.0 Å². The number of nitrogens with zero attached hydrogens (tertiary/aromatic N) is 1. The van der Waals surface area contributed by atoms with E-state index in [2.05, 4.69) is 86.1 Å². The normalized spacial score (nSPS) is 14.8. The summed E-state index contributed by atoms with van der Waals surface area (Å²) >= 11 is 0. The predicted molar refractivity (Wildman–Crippen MR) is 133 cm³/mol. The number of hydrogen-bond acceptors (Lipinski definition) is 1. The molecule has 0 amide bonds. The highest BCUT2D eigenvalue weighted by atomic mass is 16.3. The molecule has 0 atom stereocenters. The molecule has 2 heteroatoms. The molecule has 2 heterocycles. The highest BCUT2D eigenvalue weighted by molar-refractivity contribution is 6.10. The summed E-state index contributed by atoms with van der Waals surface area (Å²) in [7, 11) is 2.20. The van der Waals surface area contributed by atoms with Gasteiger partial charge in [-0.2, -0.15) is 4.57 Å². The maximum atomic E-state index is 6.50. The lowest BCUT2D eigenvalue weighted by molar-refractivity contribution is -0.633. The van der Waals surface area contributed by atoms with Crippen LogP contribution in [0.5, 0.6) is 0 Å². The lowest BCUT2D eigenvalue weighted by atomic mass is 9.91. The van der Waals surface area contributed by atoms with Crippen molar-refractivity contribution in [1.29, 1.82) is 0 Å². The Morgan fingerprint density at radius 1 is 0.875 bits per heavy atom. The van der Waals surface area contributed by atoms with Crippen LogP contribution in [0.1, 0.15) is 42.4 Å². The maximum Gasteiger partial charge on any atom is 0.217 e. The fourth-order valence-corrected chi connectivity index (χ4v) is 5.84. The lowest BCUT2D eigenvalue weighted by Gasteiger charge is -2.15. The molecule has 6 rings (SSSR count). The van der Waals surface area contributed by atoms with Gasteiger partial charge in [-0.15, -0.1) is 0 Å². The van der Waals surface area contributed by atoms with Gasteiger partial charge in [0.05, 0.1) is 5.56 Å². The molecule has 0 unspecified atom stereocenters. The molecular weight excluding hydrogens is 390 g/mol. The number of aryl methyl sites for hydroxylation is 2. The summed E-state index contributed by atoms with van der Waals surface area (Å²) in [6.45, 7) is 4.46. The van der Waals surface area contributed by atoms with Gasteiger partial charge in [0.1, 0.15) is 18.2 Å². The van der Waals surface area contributed by atoms with E-state index < -0.39 is 0 Å². The Morgan fingerprint density at radius 3 is 2.41 bits per heavy atom. The second-order valence-corrected chi connectivity index (χ2v) is 9.65. The highest BCUT2D eigenvalue weighted by Crippen LogP contribution is 2.40. The summed E-state index contributed by atoms with van der Waals surface area (Å²) in [5.74, 6) is 0.809. The van der Waals surface area contributed by atoms with Crippen LogP contribution in [0.3, 0.4) is 0 Å². The molecule has 3 aromatic carbocycles. The highest BCUT2D eigenvalue weighted by Gasteiger charge is 2.26. The van der Waals surface area contributed by atoms with Crippen molar-refractivity contribution in [3.05, 3.63) is 77.4 Å². The standard InChI is InChI=1S/C30H30NO/c1-19-16-25-24-13-7-9-15-28(24)32-30(25)29(20(19)2)27-18-22(17-21-10-4-5-11-21)23-12-6-8-14-26(23)31(27)3/h6-9,12-16,18,21H,4-5,10-11,17H2,1-3H3/q+1. The summed E-state index contributed by atoms with van der Waals surface area (Å²) in [6, 6.07) is 22.0. The minimum atomic E-state index is 0.809. The third kappa shape index (κ3) is 2.97. The Hall–Kier alpha value is -3.13. The van der Waals surface area contributed by atoms with E-state index in [0.29, 0.717) is 0 Å². The zero-order valence-corrected chi connectivity index (χ0v) is 19.2. The third-order valence-electron chi connectivity index (χ3n) is 7.71. The number of para-hydroxylation sites is 2. The Kier molecular flexibility index (Phi) is 4.57. The van der Waals surface area contributed by atoms with Crippen LogP contribution in [-0.4, -0.2) is 0 Å². The van der Waals surface area contributed by atoms with Gasteiger partial charge in [-0.25, -0.2) is 0 Å². The molecule has 160 valence electrons. The van der Waals surface area contributed by atoms with Crippen molar-refractivity contribution in [3.63, 3.8) is 0 Å². The second kappa shape index (κ2) is 7.48. The van der Waals surface area contributed by atoms with E-state index in [0.717, 1.165) is 17.1 Å². The number of rotatable bonds is 3. The first-order valence-electron chi connectivity index (χ1n) is 11.9. The minimum Gasteiger partial charge on any atom is -0.455 e. The molecule has 0 aliphatic heterocycles. The summed E-state index contributed by atoms with van der Waals surface area (Å²) < 4.78 is 8.86. The molecule has 1 aliphatic rings. The fraction of sp³-hybridized carbons (Fsp3) is 0.300. The van der Waals surface area contributed by atoms with E-state index in [1.165, 1.54) is 81.7 Å². The Bertz CT molecular complexity index is 1480. The third-order valence-corrected chi connectivity index (χ3v) is 7.71. The molecule has 1 saturated carbocycles. The van der Waals surface area contributed by atoms with Crippen molar-refractivity contribution in [2.45, 2.75) is 46.0 Å². The van der Waals surface area contributed by atoms with Gasteiger partial charge in [-0.05, 0) is 61.1 Å². The molecule has 2 aromatic heterocycles. The van der Waals surface area contributed by atoms with Gasteiger partial charge in [-0.3, -0.25) is 0 Å². The quantitative estimate of drug-likeness (QED) is 0.275. The van der Waals surface area contributed by atoms with E-state index in [4.69, 9.17) is 4.42 Å². The van der Waals surface area contributed by atoms with E-state index in [-0.39, 0.29) is 0 Å². The van der Waals surface area contributed by atoms with Crippen LogP contribution in [0.25, 0.3) is 44.1 Å². The SMILES string of the molecule is Cc1cc2c(oc3ccccc32)c(-c2cc(CC3CCCC3)c3ccccc3[n+]2C)c1C. The number of hydrogen-bond donors (Lipinski definition) is 0. The smallest absolute Gasteiger partial charge is 0.217 e. The number of benzene rings is 3. The van der Waals surface area contributed by atoms with Crippen LogP contribution >= 0.6 is 0 Å². The zero-order chi connectivity index (χ0) is 21.8. The zero-order valence-electron chi connectivity index (χ0n) is 19.2. The van der Waals surface area contributed by atoms with Gasteiger partial charge in [0.25, 0.3) is 0 Å². The molecule has 2 nitrogen and oxygen atoms in total. The van der Waals surface area contributed by atoms with Crippen molar-refractivity contribution in [1.82, 2.24) is 0 Å². The Labute approximate surface area is 189 Å². The van der Waals surface area contributed by atoms with Gasteiger partial charge in [-0.1, -0.05) is 56.0 Å². The number of fused-ring (bicyclic) bond motifs is 4.